The van der Waals surface area contributed by atoms with E-state index in [0.717, 1.165) is 5.57 Å². The van der Waals surface area contributed by atoms with E-state index >= 15 is 0 Å². The fraction of sp³-hybridized carbons (Fsp3) is 0.917. The van der Waals surface area contributed by atoms with Gasteiger partial charge in [-0.15, -0.1) is 0 Å². The van der Waals surface area contributed by atoms with Crippen molar-refractivity contribution in [2.75, 3.05) is 13.2 Å². The van der Waals surface area contributed by atoms with E-state index in [1.54, 1.807) is 6.92 Å². The molecule has 4 saturated carbocycles. The molecule has 8 rings (SSSR count). The summed E-state index contributed by atoms with van der Waals surface area (Å²) in [5.41, 5.74) is -3.35. The molecular weight excluding hydrogens is 881 g/mol. The van der Waals surface area contributed by atoms with Crippen molar-refractivity contribution in [2.45, 2.75) is 204 Å². The summed E-state index contributed by atoms with van der Waals surface area (Å²) in [7, 11) is 0. The first-order valence-electron chi connectivity index (χ1n) is 24.5. The second kappa shape index (κ2) is 18.3. The van der Waals surface area contributed by atoms with Crippen molar-refractivity contribution in [1.29, 1.82) is 0 Å². The molecule has 0 aromatic rings. The van der Waals surface area contributed by atoms with Gasteiger partial charge in [0.25, 0.3) is 0 Å². The summed E-state index contributed by atoms with van der Waals surface area (Å²) in [5.74, 6) is -2.10. The molecule has 382 valence electrons. The lowest BCUT2D eigenvalue weighted by Crippen LogP contribution is -2.68. The van der Waals surface area contributed by atoms with Crippen LogP contribution in [0.1, 0.15) is 106 Å². The Morgan fingerprint density at radius 2 is 1.24 bits per heavy atom. The third-order valence-electron chi connectivity index (χ3n) is 19.4. The Morgan fingerprint density at radius 1 is 0.657 bits per heavy atom. The molecule has 8 aliphatic rings. The predicted octanol–water partition coefficient (Wildman–Crippen LogP) is 0.0887. The summed E-state index contributed by atoms with van der Waals surface area (Å²) in [6.07, 6.45) is -16.3. The number of carbonyl (C=O) groups is 2. The Kier molecular flexibility index (Phi) is 14.0. The van der Waals surface area contributed by atoms with Crippen LogP contribution in [0, 0.1) is 56.7 Å². The SMILES string of the molecule is C[C@H]1[C@H](C)CC[C@]2(C(=O)O[C@@H]3O[C@H](CO)[C@@H](O)[C@H](O)[C@H]3O)CC[C@]3(C(=O)O)C(=CC[C@@H]4[C@@]5(C)CC[C@H](O[C@H]6O[C@@H](C)[C@@H](O[C@@H]7O[C@H](CO)[C@@H](O)[C@H](O)[C@H]7O)[C@@H](O)[C@@H]6O)C(C)(C)[C@@H]5CC[C@]43C)[C@H]12. The number of aliphatic carboxylic acids is 1. The van der Waals surface area contributed by atoms with Gasteiger partial charge in [-0.2, -0.15) is 0 Å². The minimum atomic E-state index is -1.78. The fourth-order valence-corrected chi connectivity index (χ4v) is 15.4. The van der Waals surface area contributed by atoms with Crippen LogP contribution in [-0.2, 0) is 38.0 Å². The summed E-state index contributed by atoms with van der Waals surface area (Å²) >= 11 is 0. The van der Waals surface area contributed by atoms with Crippen LogP contribution in [0.25, 0.3) is 0 Å². The summed E-state index contributed by atoms with van der Waals surface area (Å²) < 4.78 is 35.6. The smallest absolute Gasteiger partial charge is 0.315 e. The van der Waals surface area contributed by atoms with Crippen LogP contribution in [0.15, 0.2) is 11.6 Å². The molecule has 7 fully saturated rings. The van der Waals surface area contributed by atoms with Crippen molar-refractivity contribution in [1.82, 2.24) is 0 Å². The molecule has 0 aromatic carbocycles. The highest BCUT2D eigenvalue weighted by molar-refractivity contribution is 5.85. The zero-order valence-corrected chi connectivity index (χ0v) is 39.7. The summed E-state index contributed by atoms with van der Waals surface area (Å²) in [5, 5.41) is 117. The Bertz CT molecular complexity index is 1860. The molecule has 5 aliphatic carbocycles. The third kappa shape index (κ3) is 7.70. The standard InChI is InChI=1S/C48H76O19/c1-20-10-15-47(43(61)67-41-36(57)33(54)31(52)25(19-50)64-41)16-17-48(42(59)60)23(29(47)21(20)2)8-9-27-45(6)13-12-28(44(4,5)26(45)11-14-46(27,48)7)65-39-37(58)34(55)38(22(3)62-39)66-40-35(56)32(53)30(51)24(18-49)63-40/h8,20-22,24-41,49-58H,9-19H2,1-7H3,(H,59,60)/t20-,21+,22+,24-,25-,26+,27-,28+,29+,30-,31-,32+,33+,34+,35-,36-,37+,38-,39-,40+,41+,45+,46-,47+,48-/m1/s1. The van der Waals surface area contributed by atoms with Crippen molar-refractivity contribution in [2.24, 2.45) is 56.7 Å². The molecule has 3 aliphatic heterocycles. The minimum absolute atomic E-state index is 0.0350. The molecule has 0 amide bonds. The van der Waals surface area contributed by atoms with E-state index in [9.17, 15) is 65.8 Å². The Balaban J connectivity index is 1.03. The van der Waals surface area contributed by atoms with Crippen LogP contribution < -0.4 is 0 Å². The monoisotopic (exact) mass is 956 g/mol. The maximum absolute atomic E-state index is 14.7. The van der Waals surface area contributed by atoms with Gasteiger partial charge in [-0.05, 0) is 111 Å². The molecule has 0 aromatic heterocycles. The Hall–Kier alpha value is -1.92. The molecule has 0 unspecified atom stereocenters. The van der Waals surface area contributed by atoms with Gasteiger partial charge in [0.2, 0.25) is 6.29 Å². The molecule has 25 atom stereocenters. The first kappa shape index (κ1) is 51.4. The number of ether oxygens (including phenoxy) is 6. The van der Waals surface area contributed by atoms with Gasteiger partial charge in [0.1, 0.15) is 67.1 Å². The number of aliphatic hydroxyl groups excluding tert-OH is 10. The largest absolute Gasteiger partial charge is 0.481 e. The van der Waals surface area contributed by atoms with Gasteiger partial charge in [0, 0.05) is 0 Å². The third-order valence-corrected chi connectivity index (χ3v) is 19.4. The number of rotatable bonds is 9. The van der Waals surface area contributed by atoms with Crippen LogP contribution in [0.5, 0.6) is 0 Å². The number of carboxylic acid groups (broad SMARTS) is 1. The van der Waals surface area contributed by atoms with E-state index in [0.29, 0.717) is 44.9 Å². The Morgan fingerprint density at radius 3 is 1.85 bits per heavy atom. The van der Waals surface area contributed by atoms with Crippen molar-refractivity contribution < 1.29 is 94.2 Å². The second-order valence-corrected chi connectivity index (χ2v) is 22.8. The fourth-order valence-electron chi connectivity index (χ4n) is 15.4. The van der Waals surface area contributed by atoms with Gasteiger partial charge in [-0.1, -0.05) is 53.2 Å². The van der Waals surface area contributed by atoms with E-state index in [4.69, 9.17) is 28.4 Å². The second-order valence-electron chi connectivity index (χ2n) is 22.8. The molecule has 3 heterocycles. The molecule has 19 heteroatoms. The average molecular weight is 957 g/mol. The van der Waals surface area contributed by atoms with Crippen LogP contribution >= 0.6 is 0 Å². The lowest BCUT2D eigenvalue weighted by atomic mass is 9.33. The number of aliphatic hydroxyl groups is 10. The lowest BCUT2D eigenvalue weighted by Gasteiger charge is -2.70. The van der Waals surface area contributed by atoms with Crippen molar-refractivity contribution in [3.05, 3.63) is 11.6 Å². The lowest BCUT2D eigenvalue weighted by molar-refractivity contribution is -0.364. The predicted molar refractivity (Wildman–Crippen MR) is 231 cm³/mol. The van der Waals surface area contributed by atoms with Crippen molar-refractivity contribution in [3.63, 3.8) is 0 Å². The van der Waals surface area contributed by atoms with Gasteiger partial charge in [0.05, 0.1) is 36.3 Å². The van der Waals surface area contributed by atoms with Gasteiger partial charge in [0.15, 0.2) is 12.6 Å². The molecule has 11 N–H and O–H groups in total. The first-order valence-corrected chi connectivity index (χ1v) is 24.5. The maximum Gasteiger partial charge on any atom is 0.315 e. The van der Waals surface area contributed by atoms with E-state index in [1.807, 2.05) is 0 Å². The molecule has 0 spiro atoms. The number of hydrogen-bond acceptors (Lipinski definition) is 18. The maximum atomic E-state index is 14.7. The van der Waals surface area contributed by atoms with Gasteiger partial charge in [-0.3, -0.25) is 9.59 Å². The highest BCUT2D eigenvalue weighted by Gasteiger charge is 2.74. The molecule has 3 saturated heterocycles. The highest BCUT2D eigenvalue weighted by Crippen LogP contribution is 2.76. The van der Waals surface area contributed by atoms with Gasteiger partial charge >= 0.3 is 11.9 Å². The van der Waals surface area contributed by atoms with Crippen molar-refractivity contribution in [3.8, 4) is 0 Å². The molecule has 0 bridgehead atoms. The molecular formula is C48H76O19. The van der Waals surface area contributed by atoms with Crippen LogP contribution in [0.3, 0.4) is 0 Å². The number of carboxylic acids is 1. The number of allylic oxidation sites excluding steroid dienone is 1. The van der Waals surface area contributed by atoms with Crippen LogP contribution in [-0.4, -0.2) is 180 Å². The van der Waals surface area contributed by atoms with E-state index in [1.165, 1.54) is 0 Å². The topological polar surface area (TPSA) is 312 Å². The van der Waals surface area contributed by atoms with Crippen molar-refractivity contribution >= 4 is 11.9 Å². The minimum Gasteiger partial charge on any atom is -0.481 e. The number of carbonyl (C=O) groups excluding carboxylic acids is 1. The normalized spacial score (nSPS) is 54.0. The zero-order chi connectivity index (χ0) is 49.1. The van der Waals surface area contributed by atoms with Crippen LogP contribution in [0.4, 0.5) is 0 Å². The van der Waals surface area contributed by atoms with Crippen LogP contribution in [0.2, 0.25) is 0 Å². The quantitative estimate of drug-likeness (QED) is 0.0829. The zero-order valence-electron chi connectivity index (χ0n) is 39.7. The summed E-state index contributed by atoms with van der Waals surface area (Å²) in [4.78, 5) is 29.1. The molecule has 0 radical (unpaired) electrons. The van der Waals surface area contributed by atoms with Gasteiger partial charge < -0.3 is 84.6 Å². The molecule has 19 nitrogen and oxygen atoms in total. The number of esters is 1. The van der Waals surface area contributed by atoms with E-state index in [-0.39, 0.29) is 41.9 Å². The highest BCUT2D eigenvalue weighted by atomic mass is 16.7. The first-order chi connectivity index (χ1) is 31.4. The summed E-state index contributed by atoms with van der Waals surface area (Å²) in [6, 6.07) is 0. The Labute approximate surface area is 391 Å². The van der Waals surface area contributed by atoms with E-state index < -0.39 is 151 Å². The average Bonchev–Trinajstić information content (AvgIpc) is 3.28. The molecule has 67 heavy (non-hydrogen) atoms. The number of hydrogen-bond donors (Lipinski definition) is 11. The van der Waals surface area contributed by atoms with E-state index in [2.05, 4.69) is 47.6 Å². The number of fused-ring (bicyclic) bond motifs is 7. The summed E-state index contributed by atoms with van der Waals surface area (Å²) in [6.45, 7) is 13.1. The van der Waals surface area contributed by atoms with Gasteiger partial charge in [-0.25, -0.2) is 0 Å².